The Morgan fingerprint density at radius 3 is 2.03 bits per heavy atom. The number of rotatable bonds is 6. The summed E-state index contributed by atoms with van der Waals surface area (Å²) < 4.78 is 4.85. The maximum absolute atomic E-state index is 5.17. The van der Waals surface area contributed by atoms with E-state index in [0.717, 1.165) is 33.9 Å². The lowest BCUT2D eigenvalue weighted by molar-refractivity contribution is 0.634. The number of nitrogens with zero attached hydrogens (tertiary/aromatic N) is 4. The van der Waals surface area contributed by atoms with Crippen LogP contribution in [0.1, 0.15) is 25.0 Å². The number of hydrogen-bond donors (Lipinski definition) is 0. The fraction of sp³-hybridized carbons (Fsp3) is 0.0769. The zero-order chi connectivity index (χ0) is 39.0. The second-order valence-electron chi connectivity index (χ2n) is 15.9. The molecule has 0 amide bonds. The molecule has 0 bridgehead atoms. The molecule has 10 aromatic rings. The van der Waals surface area contributed by atoms with Crippen molar-refractivity contribution in [1.82, 2.24) is 14.5 Å². The molecule has 0 N–H and O–H groups in total. The molecule has 0 atom stereocenters. The second-order valence-corrected chi connectivity index (χ2v) is 20.8. The SMILES string of the molecule is Cn1c(-c2cccc([Si](c3ccccc3)(c3ccccc3)c3cccc(N4c5ccc6sc7ccccc7c6c5C(C)(C)c5cccnc54)c3)c2)nc2ccccc21. The summed E-state index contributed by atoms with van der Waals surface area (Å²) in [6.07, 6.45) is 1.94. The Balaban J connectivity index is 1.19. The van der Waals surface area contributed by atoms with Gasteiger partial charge in [-0.05, 0) is 74.8 Å². The summed E-state index contributed by atoms with van der Waals surface area (Å²) in [5.74, 6) is 1.94. The molecule has 3 aromatic heterocycles. The largest absolute Gasteiger partial charge is 0.327 e. The van der Waals surface area contributed by atoms with Gasteiger partial charge in [0, 0.05) is 55.6 Å². The van der Waals surface area contributed by atoms with Gasteiger partial charge in [0.2, 0.25) is 0 Å². The maximum Gasteiger partial charge on any atom is 0.179 e. The number of aromatic nitrogens is 3. The van der Waals surface area contributed by atoms with Crippen LogP contribution in [0.4, 0.5) is 17.2 Å². The van der Waals surface area contributed by atoms with Crippen molar-refractivity contribution in [3.63, 3.8) is 0 Å². The number of pyridine rings is 1. The van der Waals surface area contributed by atoms with Crippen molar-refractivity contribution < 1.29 is 0 Å². The Morgan fingerprint density at radius 1 is 0.586 bits per heavy atom. The van der Waals surface area contributed by atoms with Crippen LogP contribution in [0.3, 0.4) is 0 Å². The number of thiophene rings is 1. The van der Waals surface area contributed by atoms with Crippen LogP contribution in [0, 0.1) is 0 Å². The van der Waals surface area contributed by atoms with Gasteiger partial charge in [0.1, 0.15) is 11.6 Å². The average molecular weight is 781 g/mol. The van der Waals surface area contributed by atoms with Gasteiger partial charge in [-0.3, -0.25) is 4.90 Å². The standard InChI is InChI=1S/C52H40N4SSi/c1-52(2)42-26-16-32-53-51(42)56(45-30-31-47-48(49(45)52)41-25-10-13-29-46(41)57-47)36-18-15-24-40(34-36)58(37-19-6-4-7-20-37,38-21-8-5-9-22-38)39-23-14-17-35(33-39)50-54-43-27-11-12-28-44(43)55(50)3/h4-34H,1-3H3. The van der Waals surface area contributed by atoms with Gasteiger partial charge in [-0.1, -0.05) is 147 Å². The summed E-state index contributed by atoms with van der Waals surface area (Å²) in [5, 5.41) is 7.91. The first-order valence-electron chi connectivity index (χ1n) is 19.9. The van der Waals surface area contributed by atoms with E-state index < -0.39 is 8.07 Å². The third-order valence-corrected chi connectivity index (χ3v) is 18.2. The molecule has 0 aliphatic carbocycles. The topological polar surface area (TPSA) is 34.0 Å². The Morgan fingerprint density at radius 2 is 1.26 bits per heavy atom. The summed E-state index contributed by atoms with van der Waals surface area (Å²) in [7, 11) is -0.857. The molecule has 0 fully saturated rings. The van der Waals surface area contributed by atoms with Gasteiger partial charge < -0.3 is 4.57 Å². The molecule has 7 aromatic carbocycles. The molecular formula is C52H40N4SSi. The minimum atomic E-state index is -2.98. The highest BCUT2D eigenvalue weighted by Crippen LogP contribution is 2.55. The smallest absolute Gasteiger partial charge is 0.179 e. The third kappa shape index (κ3) is 5.05. The highest BCUT2D eigenvalue weighted by atomic mass is 32.1. The first kappa shape index (κ1) is 34.6. The van der Waals surface area contributed by atoms with Crippen LogP contribution >= 0.6 is 11.3 Å². The molecule has 0 radical (unpaired) electrons. The van der Waals surface area contributed by atoms with E-state index in [1.165, 1.54) is 57.7 Å². The molecule has 0 unspecified atom stereocenters. The summed E-state index contributed by atoms with van der Waals surface area (Å²) in [5.41, 5.74) is 7.80. The lowest BCUT2D eigenvalue weighted by atomic mass is 9.73. The van der Waals surface area contributed by atoms with Gasteiger partial charge in [0.05, 0.1) is 16.7 Å². The van der Waals surface area contributed by atoms with Crippen molar-refractivity contribution in [2.24, 2.45) is 7.05 Å². The Kier molecular flexibility index (Phi) is 7.90. The summed E-state index contributed by atoms with van der Waals surface area (Å²) in [6, 6.07) is 67.2. The lowest BCUT2D eigenvalue weighted by Gasteiger charge is -2.42. The van der Waals surface area contributed by atoms with Gasteiger partial charge in [-0.25, -0.2) is 9.97 Å². The highest BCUT2D eigenvalue weighted by Gasteiger charge is 2.44. The minimum Gasteiger partial charge on any atom is -0.327 e. The number of anilines is 3. The van der Waals surface area contributed by atoms with E-state index in [1.54, 1.807) is 0 Å². The van der Waals surface area contributed by atoms with Crippen LogP contribution in [0.15, 0.2) is 188 Å². The quantitative estimate of drug-likeness (QED) is 0.125. The average Bonchev–Trinajstić information content (AvgIpc) is 3.82. The monoisotopic (exact) mass is 780 g/mol. The molecule has 1 aliphatic rings. The van der Waals surface area contributed by atoms with Gasteiger partial charge in [-0.2, -0.15) is 0 Å². The predicted molar refractivity (Wildman–Crippen MR) is 247 cm³/mol. The van der Waals surface area contributed by atoms with Gasteiger partial charge in [0.25, 0.3) is 0 Å². The molecule has 6 heteroatoms. The van der Waals surface area contributed by atoms with Crippen LogP contribution < -0.4 is 25.6 Å². The lowest BCUT2D eigenvalue weighted by Crippen LogP contribution is -2.74. The fourth-order valence-electron chi connectivity index (χ4n) is 9.75. The summed E-state index contributed by atoms with van der Waals surface area (Å²) >= 11 is 1.88. The van der Waals surface area contributed by atoms with Crippen LogP contribution in [0.25, 0.3) is 42.6 Å². The molecule has 0 saturated carbocycles. The minimum absolute atomic E-state index is 0.279. The molecule has 0 spiro atoms. The molecule has 4 nitrogen and oxygen atoms in total. The van der Waals surface area contributed by atoms with E-state index in [1.807, 2.05) is 17.5 Å². The van der Waals surface area contributed by atoms with Crippen molar-refractivity contribution >= 4 is 88.6 Å². The molecule has 278 valence electrons. The molecule has 0 saturated heterocycles. The van der Waals surface area contributed by atoms with E-state index in [9.17, 15) is 0 Å². The summed E-state index contributed by atoms with van der Waals surface area (Å²) in [6.45, 7) is 4.73. The van der Waals surface area contributed by atoms with E-state index in [-0.39, 0.29) is 5.41 Å². The maximum atomic E-state index is 5.17. The van der Waals surface area contributed by atoms with Crippen molar-refractivity contribution in [3.8, 4) is 11.4 Å². The molecule has 11 rings (SSSR count). The number of imidazole rings is 1. The van der Waals surface area contributed by atoms with Crippen molar-refractivity contribution in [2.45, 2.75) is 19.3 Å². The number of para-hydroxylation sites is 2. The Hall–Kier alpha value is -6.60. The first-order chi connectivity index (χ1) is 28.4. The van der Waals surface area contributed by atoms with Crippen LogP contribution in [-0.2, 0) is 12.5 Å². The highest BCUT2D eigenvalue weighted by molar-refractivity contribution is 7.25. The number of hydrogen-bond acceptors (Lipinski definition) is 4. The Bertz CT molecular complexity index is 3140. The van der Waals surface area contributed by atoms with E-state index in [2.05, 4.69) is 212 Å². The van der Waals surface area contributed by atoms with Crippen molar-refractivity contribution in [2.75, 3.05) is 4.90 Å². The van der Waals surface area contributed by atoms with E-state index in [4.69, 9.17) is 9.97 Å². The number of benzene rings is 7. The van der Waals surface area contributed by atoms with E-state index in [0.29, 0.717) is 0 Å². The zero-order valence-corrected chi connectivity index (χ0v) is 34.4. The van der Waals surface area contributed by atoms with Crippen LogP contribution in [-0.4, -0.2) is 22.6 Å². The summed E-state index contributed by atoms with van der Waals surface area (Å²) in [4.78, 5) is 12.8. The molecule has 1 aliphatic heterocycles. The van der Waals surface area contributed by atoms with Crippen LogP contribution in [0.2, 0.25) is 0 Å². The van der Waals surface area contributed by atoms with Crippen molar-refractivity contribution in [1.29, 1.82) is 0 Å². The molecular weight excluding hydrogens is 741 g/mol. The van der Waals surface area contributed by atoms with Gasteiger partial charge in [-0.15, -0.1) is 11.3 Å². The van der Waals surface area contributed by atoms with Crippen LogP contribution in [0.5, 0.6) is 0 Å². The molecule has 58 heavy (non-hydrogen) atoms. The first-order valence-corrected chi connectivity index (χ1v) is 22.7. The number of aryl methyl sites for hydroxylation is 1. The number of fused-ring (bicyclic) bond motifs is 7. The zero-order valence-electron chi connectivity index (χ0n) is 32.6. The Labute approximate surface area is 343 Å². The fourth-order valence-corrected chi connectivity index (χ4v) is 15.7. The van der Waals surface area contributed by atoms with Gasteiger partial charge >= 0.3 is 0 Å². The van der Waals surface area contributed by atoms with E-state index >= 15 is 0 Å². The molecule has 4 heterocycles. The predicted octanol–water partition coefficient (Wildman–Crippen LogP) is 10.5. The van der Waals surface area contributed by atoms with Crippen molar-refractivity contribution in [3.05, 3.63) is 199 Å². The second kappa shape index (κ2) is 13.2. The van der Waals surface area contributed by atoms with Gasteiger partial charge in [0.15, 0.2) is 8.07 Å². The normalized spacial score (nSPS) is 13.5. The third-order valence-electron chi connectivity index (χ3n) is 12.4.